The number of hydrogen-bond donors (Lipinski definition) is 0. The average Bonchev–Trinajstić information content (AvgIpc) is 2.77. The van der Waals surface area contributed by atoms with Gasteiger partial charge in [-0.2, -0.15) is 0 Å². The molecule has 1 aromatic rings. The summed E-state index contributed by atoms with van der Waals surface area (Å²) in [5.74, 6) is 0.705. The van der Waals surface area contributed by atoms with Gasteiger partial charge < -0.3 is 9.80 Å². The molecule has 2 amide bonds. The Morgan fingerprint density at radius 1 is 1.29 bits per heavy atom. The van der Waals surface area contributed by atoms with Crippen LogP contribution >= 0.6 is 11.3 Å². The number of carbonyl (C=O) groups excluding carboxylic acids is 2. The van der Waals surface area contributed by atoms with Crippen LogP contribution in [-0.2, 0) is 11.2 Å². The molecule has 3 saturated heterocycles. The van der Waals surface area contributed by atoms with Gasteiger partial charge in [0.2, 0.25) is 5.91 Å². The highest BCUT2D eigenvalue weighted by Crippen LogP contribution is 2.30. The summed E-state index contributed by atoms with van der Waals surface area (Å²) in [7, 11) is 0. The lowest BCUT2D eigenvalue weighted by Gasteiger charge is -2.35. The lowest BCUT2D eigenvalue weighted by molar-refractivity contribution is -0.129. The Hall–Kier alpha value is -1.36. The fraction of sp³-hybridized carbons (Fsp3) is 0.625. The molecule has 0 saturated carbocycles. The predicted molar refractivity (Wildman–Crippen MR) is 83.5 cm³/mol. The number of hydrogen-bond acceptors (Lipinski definition) is 3. The number of fused-ring (bicyclic) bond motifs is 4. The highest BCUT2D eigenvalue weighted by molar-refractivity contribution is 7.10. The van der Waals surface area contributed by atoms with E-state index in [1.807, 2.05) is 21.2 Å². The van der Waals surface area contributed by atoms with Crippen LogP contribution in [0.5, 0.6) is 0 Å². The largest absolute Gasteiger partial charge is 0.341 e. The van der Waals surface area contributed by atoms with E-state index in [0.29, 0.717) is 12.5 Å². The Balaban J connectivity index is 1.79. The number of aryl methyl sites for hydroxylation is 1. The topological polar surface area (TPSA) is 40.6 Å². The number of piperidine rings is 1. The number of carbonyl (C=O) groups is 2. The number of rotatable bonds is 2. The van der Waals surface area contributed by atoms with E-state index < -0.39 is 0 Å². The molecular weight excluding hydrogens is 284 g/mol. The molecule has 0 aliphatic carbocycles. The van der Waals surface area contributed by atoms with Crippen molar-refractivity contribution < 1.29 is 9.59 Å². The van der Waals surface area contributed by atoms with Crippen LogP contribution in [0.2, 0.25) is 0 Å². The van der Waals surface area contributed by atoms with E-state index in [-0.39, 0.29) is 17.9 Å². The smallest absolute Gasteiger partial charge is 0.255 e. The summed E-state index contributed by atoms with van der Waals surface area (Å²) in [5, 5.41) is 1.97. The molecule has 0 aromatic carbocycles. The van der Waals surface area contributed by atoms with Crippen molar-refractivity contribution >= 4 is 23.2 Å². The molecule has 0 radical (unpaired) electrons. The fourth-order valence-corrected chi connectivity index (χ4v) is 4.24. The molecule has 1 aromatic heterocycles. The van der Waals surface area contributed by atoms with Gasteiger partial charge in [0.25, 0.3) is 5.91 Å². The predicted octanol–water partition coefficient (Wildman–Crippen LogP) is 2.39. The van der Waals surface area contributed by atoms with E-state index in [9.17, 15) is 9.59 Å². The summed E-state index contributed by atoms with van der Waals surface area (Å²) in [6.07, 6.45) is 3.12. The first kappa shape index (κ1) is 14.6. The Morgan fingerprint density at radius 3 is 2.76 bits per heavy atom. The van der Waals surface area contributed by atoms with E-state index in [1.54, 1.807) is 18.3 Å². The maximum absolute atomic E-state index is 12.8. The summed E-state index contributed by atoms with van der Waals surface area (Å²) in [5.41, 5.74) is 0.818. The van der Waals surface area contributed by atoms with Crippen molar-refractivity contribution in [2.24, 2.45) is 5.92 Å². The molecule has 5 heteroatoms. The molecule has 4 rings (SSSR count). The van der Waals surface area contributed by atoms with Crippen LogP contribution in [0.15, 0.2) is 11.4 Å². The molecule has 2 atom stereocenters. The van der Waals surface area contributed by atoms with Gasteiger partial charge in [-0.25, -0.2) is 0 Å². The van der Waals surface area contributed by atoms with Crippen molar-refractivity contribution in [1.82, 2.24) is 9.80 Å². The molecule has 21 heavy (non-hydrogen) atoms. The molecule has 114 valence electrons. The van der Waals surface area contributed by atoms with Crippen LogP contribution < -0.4 is 0 Å². The molecule has 4 heterocycles. The average molecular weight is 306 g/mol. The van der Waals surface area contributed by atoms with Crippen molar-refractivity contribution in [1.29, 1.82) is 0 Å². The zero-order chi connectivity index (χ0) is 15.0. The van der Waals surface area contributed by atoms with Gasteiger partial charge >= 0.3 is 0 Å². The van der Waals surface area contributed by atoms with Crippen molar-refractivity contribution in [3.8, 4) is 0 Å². The molecule has 3 aliphatic rings. The van der Waals surface area contributed by atoms with E-state index >= 15 is 0 Å². The third kappa shape index (κ3) is 2.84. The molecule has 2 bridgehead atoms. The first-order chi connectivity index (χ1) is 10.1. The Kier molecular flexibility index (Phi) is 4.02. The lowest BCUT2D eigenvalue weighted by Crippen LogP contribution is -2.47. The van der Waals surface area contributed by atoms with Crippen LogP contribution in [0.4, 0.5) is 0 Å². The summed E-state index contributed by atoms with van der Waals surface area (Å²) < 4.78 is 0. The van der Waals surface area contributed by atoms with Gasteiger partial charge in [-0.1, -0.05) is 6.92 Å². The number of thiophene rings is 1. The van der Waals surface area contributed by atoms with E-state index in [1.165, 1.54) is 4.88 Å². The summed E-state index contributed by atoms with van der Waals surface area (Å²) >= 11 is 1.66. The second kappa shape index (κ2) is 5.79. The molecule has 3 fully saturated rings. The minimum Gasteiger partial charge on any atom is -0.341 e. The Labute approximate surface area is 129 Å². The van der Waals surface area contributed by atoms with Gasteiger partial charge in [0.15, 0.2) is 0 Å². The van der Waals surface area contributed by atoms with Gasteiger partial charge in [-0.05, 0) is 31.2 Å². The van der Waals surface area contributed by atoms with Gasteiger partial charge in [0.1, 0.15) is 0 Å². The van der Waals surface area contributed by atoms with E-state index in [0.717, 1.165) is 37.9 Å². The number of amides is 2. The molecule has 0 unspecified atom stereocenters. The van der Waals surface area contributed by atoms with Crippen molar-refractivity contribution in [2.45, 2.75) is 39.2 Å². The van der Waals surface area contributed by atoms with Crippen LogP contribution in [0, 0.1) is 5.92 Å². The van der Waals surface area contributed by atoms with E-state index in [4.69, 9.17) is 0 Å². The monoisotopic (exact) mass is 306 g/mol. The molecular formula is C16H22N2O2S. The molecule has 0 spiro atoms. The van der Waals surface area contributed by atoms with Crippen LogP contribution in [0.25, 0.3) is 0 Å². The Bertz CT molecular complexity index is 554. The SMILES string of the molecule is CCc1cc(C(=O)N2C[C@@H]3CC[C@H]2CN(C(C)=O)C3)cs1. The van der Waals surface area contributed by atoms with Gasteiger partial charge in [-0.3, -0.25) is 9.59 Å². The Morgan fingerprint density at radius 2 is 2.10 bits per heavy atom. The zero-order valence-electron chi connectivity index (χ0n) is 12.7. The first-order valence-electron chi connectivity index (χ1n) is 7.72. The minimum atomic E-state index is 0.130. The molecule has 4 nitrogen and oxygen atoms in total. The maximum Gasteiger partial charge on any atom is 0.255 e. The number of nitrogens with zero attached hydrogens (tertiary/aromatic N) is 2. The van der Waals surface area contributed by atoms with Crippen molar-refractivity contribution in [3.63, 3.8) is 0 Å². The normalized spacial score (nSPS) is 25.0. The third-order valence-corrected chi connectivity index (χ3v) is 5.75. The van der Waals surface area contributed by atoms with Crippen LogP contribution in [-0.4, -0.2) is 47.3 Å². The third-order valence-electron chi connectivity index (χ3n) is 4.67. The van der Waals surface area contributed by atoms with Gasteiger partial charge in [0, 0.05) is 42.9 Å². The maximum atomic E-state index is 12.8. The second-order valence-corrected chi connectivity index (χ2v) is 7.13. The first-order valence-corrected chi connectivity index (χ1v) is 8.60. The second-order valence-electron chi connectivity index (χ2n) is 6.13. The van der Waals surface area contributed by atoms with Gasteiger partial charge in [-0.15, -0.1) is 11.3 Å². The minimum absolute atomic E-state index is 0.130. The molecule has 3 aliphatic heterocycles. The van der Waals surface area contributed by atoms with Crippen LogP contribution in [0.1, 0.15) is 41.9 Å². The lowest BCUT2D eigenvalue weighted by atomic mass is 9.94. The highest BCUT2D eigenvalue weighted by atomic mass is 32.1. The fourth-order valence-electron chi connectivity index (χ4n) is 3.43. The summed E-state index contributed by atoms with van der Waals surface area (Å²) in [4.78, 5) is 29.6. The standard InChI is InChI=1S/C16H22N2O2S/c1-3-15-6-13(10-21-15)16(20)18-8-12-4-5-14(18)9-17(7-12)11(2)19/h6,10,12,14H,3-5,7-9H2,1-2H3/t12-,14+/m1/s1. The van der Waals surface area contributed by atoms with Crippen LogP contribution in [0.3, 0.4) is 0 Å². The van der Waals surface area contributed by atoms with E-state index in [2.05, 4.69) is 6.92 Å². The van der Waals surface area contributed by atoms with Gasteiger partial charge in [0.05, 0.1) is 5.56 Å². The summed E-state index contributed by atoms with van der Waals surface area (Å²) in [6.45, 7) is 6.04. The quantitative estimate of drug-likeness (QED) is 0.842. The van der Waals surface area contributed by atoms with Crippen molar-refractivity contribution in [3.05, 3.63) is 21.9 Å². The van der Waals surface area contributed by atoms with Crippen molar-refractivity contribution in [2.75, 3.05) is 19.6 Å². The molecule has 0 N–H and O–H groups in total. The zero-order valence-corrected chi connectivity index (χ0v) is 13.5. The summed E-state index contributed by atoms with van der Waals surface area (Å²) in [6, 6.07) is 2.21. The highest BCUT2D eigenvalue weighted by Gasteiger charge is 2.38.